The number of hydrogen-bond acceptors (Lipinski definition) is 10. The molecule has 0 aliphatic carbocycles. The van der Waals surface area contributed by atoms with Gasteiger partial charge in [0, 0.05) is 32.0 Å². The normalized spacial score (nSPS) is 11.7. The number of aromatic nitrogens is 2. The van der Waals surface area contributed by atoms with E-state index >= 15 is 0 Å². The molecule has 1 aromatic carbocycles. The molecule has 0 radical (unpaired) electrons. The van der Waals surface area contributed by atoms with Gasteiger partial charge in [-0.3, -0.25) is 0 Å². The van der Waals surface area contributed by atoms with Crippen LogP contribution in [0.4, 0.5) is 0 Å². The zero-order chi connectivity index (χ0) is 23.6. The van der Waals surface area contributed by atoms with Crippen LogP contribution in [0.2, 0.25) is 0 Å². The summed E-state index contributed by atoms with van der Waals surface area (Å²) in [6.07, 6.45) is 0. The Hall–Kier alpha value is -2.23. The predicted molar refractivity (Wildman–Crippen MR) is 97.5 cm³/mol. The number of fused-ring (bicyclic) bond motifs is 1. The first-order valence-corrected chi connectivity index (χ1v) is 12.0. The van der Waals surface area contributed by atoms with Gasteiger partial charge in [0.1, 0.15) is 5.75 Å². The number of sulfonamides is 1. The Morgan fingerprint density at radius 2 is 1.68 bits per heavy atom. The van der Waals surface area contributed by atoms with Crippen molar-refractivity contribution in [2.24, 2.45) is 5.14 Å². The Labute approximate surface area is 183 Å². The molecule has 2 aromatic heterocycles. The van der Waals surface area contributed by atoms with E-state index in [9.17, 15) is 13.2 Å². The molecule has 0 bridgehead atoms. The van der Waals surface area contributed by atoms with Crippen molar-refractivity contribution >= 4 is 37.5 Å². The summed E-state index contributed by atoms with van der Waals surface area (Å²) in [5.41, 5.74) is 3.55. The minimum Gasteiger partial charge on any atom is -0.422 e. The summed E-state index contributed by atoms with van der Waals surface area (Å²) in [7, 11) is -8.80. The lowest BCUT2D eigenvalue weighted by Gasteiger charge is -2.17. The molecule has 2 heterocycles. The first-order chi connectivity index (χ1) is 14.1. The SMILES string of the molecule is Cc1cc(C)[n+](CC(=O)Oc2ccc3nc(S(N)(=O)=O)sc3c2)c(C)c1.[O-][Cl+3]([O-])([O-])[O-]. The molecule has 0 atom stereocenters. The number of nitrogens with two attached hydrogens (primary N) is 1. The number of hydrogen-bond donors (Lipinski definition) is 1. The minimum absolute atomic E-state index is 0.0844. The molecular weight excluding hydrogens is 474 g/mol. The standard InChI is InChI=1S/C17H18N3O4S2.ClHO4/c1-10-6-11(2)20(12(3)7-10)9-16(21)24-13-4-5-14-15(8-13)25-17(19-14)26(18,22)23;2-1(3,4)5/h4-8H,9H2,1-3H3,(H2,18,22,23);(H,2,3,4,5)/q+1;/p-1. The van der Waals surface area contributed by atoms with Gasteiger partial charge < -0.3 is 4.74 Å². The molecule has 31 heavy (non-hydrogen) atoms. The van der Waals surface area contributed by atoms with Crippen molar-refractivity contribution in [3.8, 4) is 5.75 Å². The number of aryl methyl sites for hydroxylation is 3. The van der Waals surface area contributed by atoms with Gasteiger partial charge in [0.2, 0.25) is 10.9 Å². The van der Waals surface area contributed by atoms with E-state index in [0.29, 0.717) is 16.0 Å². The number of carbonyl (C=O) groups is 1. The Kier molecular flexibility index (Phi) is 7.67. The lowest BCUT2D eigenvalue weighted by atomic mass is 10.2. The van der Waals surface area contributed by atoms with Crippen LogP contribution in [-0.2, 0) is 21.4 Å². The molecule has 0 unspecified atom stereocenters. The largest absolute Gasteiger partial charge is 0.422 e. The molecule has 0 aliphatic heterocycles. The van der Waals surface area contributed by atoms with Gasteiger partial charge in [-0.2, -0.15) is 4.57 Å². The maximum atomic E-state index is 12.3. The van der Waals surface area contributed by atoms with Crippen molar-refractivity contribution in [2.45, 2.75) is 31.7 Å². The summed E-state index contributed by atoms with van der Waals surface area (Å²) in [4.78, 5) is 16.3. The maximum Gasteiger partial charge on any atom is 0.378 e. The highest BCUT2D eigenvalue weighted by Crippen LogP contribution is 2.28. The number of halogens is 1. The van der Waals surface area contributed by atoms with Crippen molar-refractivity contribution in [3.05, 3.63) is 47.3 Å². The molecule has 11 nitrogen and oxygen atoms in total. The van der Waals surface area contributed by atoms with Crippen LogP contribution in [0.5, 0.6) is 5.75 Å². The summed E-state index contributed by atoms with van der Waals surface area (Å²) in [6.45, 7) is 5.96. The van der Waals surface area contributed by atoms with Gasteiger partial charge in [-0.05, 0) is 24.6 Å². The third-order valence-electron chi connectivity index (χ3n) is 3.83. The van der Waals surface area contributed by atoms with E-state index in [1.54, 1.807) is 18.2 Å². The maximum absolute atomic E-state index is 12.3. The van der Waals surface area contributed by atoms with Crippen molar-refractivity contribution in [1.82, 2.24) is 4.98 Å². The Bertz CT molecular complexity index is 1190. The fourth-order valence-corrected chi connectivity index (χ4v) is 4.43. The van der Waals surface area contributed by atoms with Crippen molar-refractivity contribution < 1.29 is 51.4 Å². The number of rotatable bonds is 4. The molecule has 0 aliphatic rings. The molecule has 0 fully saturated rings. The number of carbonyl (C=O) groups excluding carboxylic acids is 1. The van der Waals surface area contributed by atoms with E-state index in [2.05, 4.69) is 4.98 Å². The second-order valence-corrected chi connectivity index (χ2v) is 9.93. The zero-order valence-corrected chi connectivity index (χ0v) is 18.9. The number of esters is 1. The number of benzene rings is 1. The third kappa shape index (κ3) is 7.75. The average Bonchev–Trinajstić information content (AvgIpc) is 3.00. The van der Waals surface area contributed by atoms with Gasteiger partial charge >= 0.3 is 5.97 Å². The second kappa shape index (κ2) is 9.50. The molecule has 2 N–H and O–H groups in total. The van der Waals surface area contributed by atoms with E-state index in [1.807, 2.05) is 37.5 Å². The fourth-order valence-electron chi connectivity index (χ4n) is 2.75. The van der Waals surface area contributed by atoms with Crippen molar-refractivity contribution in [1.29, 1.82) is 0 Å². The lowest BCUT2D eigenvalue weighted by Crippen LogP contribution is -2.68. The first-order valence-electron chi connectivity index (χ1n) is 8.37. The topological polar surface area (TPSA) is 195 Å². The monoisotopic (exact) mass is 491 g/mol. The Morgan fingerprint density at radius 1 is 1.13 bits per heavy atom. The van der Waals surface area contributed by atoms with E-state index in [0.717, 1.165) is 28.3 Å². The highest BCUT2D eigenvalue weighted by molar-refractivity contribution is 7.91. The summed E-state index contributed by atoms with van der Waals surface area (Å²) < 4.78 is 64.4. The molecule has 3 rings (SSSR count). The second-order valence-electron chi connectivity index (χ2n) is 6.41. The van der Waals surface area contributed by atoms with Gasteiger partial charge in [0.05, 0.1) is 10.2 Å². The van der Waals surface area contributed by atoms with E-state index in [4.69, 9.17) is 28.5 Å². The first kappa shape index (κ1) is 25.0. The number of pyridine rings is 1. The smallest absolute Gasteiger partial charge is 0.378 e. The Morgan fingerprint density at radius 3 is 2.19 bits per heavy atom. The van der Waals surface area contributed by atoms with Crippen LogP contribution in [0.1, 0.15) is 17.0 Å². The molecule has 0 saturated heterocycles. The highest BCUT2D eigenvalue weighted by atomic mass is 35.7. The van der Waals surface area contributed by atoms with E-state index in [-0.39, 0.29) is 10.9 Å². The molecule has 0 saturated carbocycles. The number of nitrogens with zero attached hydrogens (tertiary/aromatic N) is 2. The molecule has 0 amide bonds. The van der Waals surface area contributed by atoms with Gasteiger partial charge in [-0.25, -0.2) is 42.0 Å². The fraction of sp³-hybridized carbons (Fsp3) is 0.235. The number of ether oxygens (including phenoxy) is 1. The highest BCUT2D eigenvalue weighted by Gasteiger charge is 2.19. The third-order valence-corrected chi connectivity index (χ3v) is 6.17. The molecular formula is C17H18ClN3O8S2. The summed E-state index contributed by atoms with van der Waals surface area (Å²) in [6, 6.07) is 8.75. The summed E-state index contributed by atoms with van der Waals surface area (Å²) in [5, 5.41) is 5.10. The van der Waals surface area contributed by atoms with Gasteiger partial charge in [0.15, 0.2) is 11.4 Å². The average molecular weight is 492 g/mol. The molecule has 168 valence electrons. The van der Waals surface area contributed by atoms with Crippen molar-refractivity contribution in [2.75, 3.05) is 0 Å². The predicted octanol–water partition coefficient (Wildman–Crippen LogP) is -2.99. The quantitative estimate of drug-likeness (QED) is 0.224. The van der Waals surface area contributed by atoms with Crippen LogP contribution in [0.25, 0.3) is 10.2 Å². The molecule has 14 heteroatoms. The minimum atomic E-state index is -4.94. The molecule has 0 spiro atoms. The van der Waals surface area contributed by atoms with Crippen LogP contribution in [0.3, 0.4) is 0 Å². The summed E-state index contributed by atoms with van der Waals surface area (Å²) in [5.74, 6) is -0.0873. The van der Waals surface area contributed by atoms with E-state index in [1.165, 1.54) is 0 Å². The van der Waals surface area contributed by atoms with Crippen molar-refractivity contribution in [3.63, 3.8) is 0 Å². The van der Waals surface area contributed by atoms with Crippen LogP contribution < -0.4 is 33.1 Å². The van der Waals surface area contributed by atoms with Crippen LogP contribution in [0.15, 0.2) is 34.7 Å². The van der Waals surface area contributed by atoms with Crippen LogP contribution in [0, 0.1) is 31.0 Å². The van der Waals surface area contributed by atoms with Gasteiger partial charge in [-0.15, -0.1) is 21.6 Å². The van der Waals surface area contributed by atoms with Gasteiger partial charge in [0.25, 0.3) is 10.0 Å². The van der Waals surface area contributed by atoms with Crippen LogP contribution >= 0.6 is 11.3 Å². The molecule has 3 aromatic rings. The van der Waals surface area contributed by atoms with Crippen LogP contribution in [-0.4, -0.2) is 19.4 Å². The van der Waals surface area contributed by atoms with Gasteiger partial charge in [-0.1, -0.05) is 0 Å². The Balaban J connectivity index is 0.000000614. The summed E-state index contributed by atoms with van der Waals surface area (Å²) >= 11 is 0.935. The lowest BCUT2D eigenvalue weighted by molar-refractivity contribution is -2.00. The van der Waals surface area contributed by atoms with E-state index < -0.39 is 26.2 Å². The zero-order valence-electron chi connectivity index (χ0n) is 16.5. The number of primary sulfonamides is 1. The number of thiazole rings is 1.